The number of likely N-dealkylation sites (tertiary alicyclic amines) is 1. The molecule has 3 rings (SSSR count). The smallest absolute Gasteiger partial charge is 0.243 e. The van der Waals surface area contributed by atoms with Crippen molar-refractivity contribution in [3.63, 3.8) is 0 Å². The summed E-state index contributed by atoms with van der Waals surface area (Å²) in [6, 6.07) is 7.12. The summed E-state index contributed by atoms with van der Waals surface area (Å²) in [7, 11) is -3.41. The van der Waals surface area contributed by atoms with Crippen LogP contribution in [-0.4, -0.2) is 49.8 Å². The number of nitrogens with two attached hydrogens (primary N) is 1. The molecule has 2 saturated heterocycles. The van der Waals surface area contributed by atoms with Gasteiger partial charge in [-0.05, 0) is 43.4 Å². The van der Waals surface area contributed by atoms with Gasteiger partial charge in [0.15, 0.2) is 5.96 Å². The second-order valence-corrected chi connectivity index (χ2v) is 9.13. The minimum absolute atomic E-state index is 0. The molecule has 1 aromatic rings. The van der Waals surface area contributed by atoms with Crippen molar-refractivity contribution in [2.75, 3.05) is 26.2 Å². The molecule has 0 amide bonds. The lowest BCUT2D eigenvalue weighted by Crippen LogP contribution is -2.38. The molecule has 6 nitrogen and oxygen atoms in total. The van der Waals surface area contributed by atoms with E-state index in [4.69, 9.17) is 5.73 Å². The van der Waals surface area contributed by atoms with Crippen molar-refractivity contribution >= 4 is 40.0 Å². The van der Waals surface area contributed by atoms with Crippen LogP contribution in [0.15, 0.2) is 34.2 Å². The van der Waals surface area contributed by atoms with Gasteiger partial charge >= 0.3 is 0 Å². The highest BCUT2D eigenvalue weighted by molar-refractivity contribution is 14.0. The quantitative estimate of drug-likeness (QED) is 0.387. The fraction of sp³-hybridized carbons (Fsp3) is 0.632. The van der Waals surface area contributed by atoms with Crippen LogP contribution in [0.25, 0.3) is 0 Å². The number of nitrogens with zero attached hydrogens (tertiary/aromatic N) is 3. The zero-order valence-electron chi connectivity index (χ0n) is 15.8. The fourth-order valence-electron chi connectivity index (χ4n) is 3.63. The van der Waals surface area contributed by atoms with Crippen LogP contribution in [0.2, 0.25) is 0 Å². The molecule has 2 heterocycles. The van der Waals surface area contributed by atoms with Crippen LogP contribution in [-0.2, 0) is 16.6 Å². The van der Waals surface area contributed by atoms with E-state index in [1.165, 1.54) is 12.8 Å². The molecule has 0 bridgehead atoms. The Balaban J connectivity index is 0.00000261. The normalized spacial score (nSPS) is 20.0. The van der Waals surface area contributed by atoms with Gasteiger partial charge in [0, 0.05) is 26.2 Å². The molecule has 0 spiro atoms. The number of hydrogen-bond acceptors (Lipinski definition) is 3. The Labute approximate surface area is 180 Å². The summed E-state index contributed by atoms with van der Waals surface area (Å²) in [4.78, 5) is 7.01. The van der Waals surface area contributed by atoms with Crippen LogP contribution in [0.3, 0.4) is 0 Å². The third-order valence-corrected chi connectivity index (χ3v) is 7.10. The Morgan fingerprint density at radius 1 is 0.963 bits per heavy atom. The molecule has 8 heteroatoms. The van der Waals surface area contributed by atoms with E-state index in [0.29, 0.717) is 30.5 Å². The number of benzene rings is 1. The third-order valence-electron chi connectivity index (χ3n) is 5.20. The molecule has 0 unspecified atom stereocenters. The van der Waals surface area contributed by atoms with E-state index in [1.807, 2.05) is 6.07 Å². The minimum Gasteiger partial charge on any atom is -0.370 e. The molecule has 0 saturated carbocycles. The van der Waals surface area contributed by atoms with Crippen LogP contribution in [0.5, 0.6) is 0 Å². The van der Waals surface area contributed by atoms with Gasteiger partial charge in [-0.3, -0.25) is 0 Å². The molecule has 2 fully saturated rings. The highest BCUT2D eigenvalue weighted by Gasteiger charge is 2.25. The predicted octanol–water partition coefficient (Wildman–Crippen LogP) is 3.17. The number of piperidine rings is 1. The van der Waals surface area contributed by atoms with Gasteiger partial charge in [0.1, 0.15) is 0 Å². The summed E-state index contributed by atoms with van der Waals surface area (Å²) in [6.07, 6.45) is 7.79. The topological polar surface area (TPSA) is 79.0 Å². The molecule has 27 heavy (non-hydrogen) atoms. The molecular formula is C19H31IN4O2S. The van der Waals surface area contributed by atoms with Crippen molar-refractivity contribution in [1.82, 2.24) is 9.21 Å². The van der Waals surface area contributed by atoms with E-state index < -0.39 is 10.0 Å². The maximum absolute atomic E-state index is 12.8. The highest BCUT2D eigenvalue weighted by atomic mass is 127. The van der Waals surface area contributed by atoms with Crippen LogP contribution < -0.4 is 5.73 Å². The van der Waals surface area contributed by atoms with E-state index in [9.17, 15) is 8.42 Å². The van der Waals surface area contributed by atoms with Gasteiger partial charge in [-0.2, -0.15) is 4.31 Å². The number of rotatable bonds is 4. The SMILES string of the molecule is I.NC(=NCc1cccc(S(=O)(=O)N2CCCCC2)c1)N1CCCCCC1. The van der Waals surface area contributed by atoms with Crippen molar-refractivity contribution in [3.05, 3.63) is 29.8 Å². The second-order valence-electron chi connectivity index (χ2n) is 7.19. The average molecular weight is 506 g/mol. The zero-order valence-corrected chi connectivity index (χ0v) is 19.0. The molecule has 0 radical (unpaired) electrons. The molecule has 2 aliphatic rings. The molecule has 1 aromatic carbocycles. The van der Waals surface area contributed by atoms with Gasteiger partial charge in [-0.15, -0.1) is 24.0 Å². The van der Waals surface area contributed by atoms with Crippen molar-refractivity contribution in [3.8, 4) is 0 Å². The number of aliphatic imine (C=N–C) groups is 1. The van der Waals surface area contributed by atoms with E-state index in [0.717, 1.165) is 50.8 Å². The second kappa shape index (κ2) is 10.6. The summed E-state index contributed by atoms with van der Waals surface area (Å²) in [5.74, 6) is 0.566. The highest BCUT2D eigenvalue weighted by Crippen LogP contribution is 2.21. The van der Waals surface area contributed by atoms with Gasteiger partial charge < -0.3 is 10.6 Å². The Bertz CT molecular complexity index is 725. The fourth-order valence-corrected chi connectivity index (χ4v) is 5.22. The molecular weight excluding hydrogens is 475 g/mol. The lowest BCUT2D eigenvalue weighted by atomic mass is 10.2. The van der Waals surface area contributed by atoms with E-state index in [-0.39, 0.29) is 24.0 Å². The lowest BCUT2D eigenvalue weighted by molar-refractivity contribution is 0.346. The third kappa shape index (κ3) is 6.05. The first-order chi connectivity index (χ1) is 12.6. The zero-order chi connectivity index (χ0) is 18.4. The Morgan fingerprint density at radius 3 is 2.22 bits per heavy atom. The Morgan fingerprint density at radius 2 is 1.56 bits per heavy atom. The molecule has 0 atom stereocenters. The van der Waals surface area contributed by atoms with Crippen molar-refractivity contribution in [2.45, 2.75) is 56.4 Å². The minimum atomic E-state index is -3.41. The van der Waals surface area contributed by atoms with E-state index in [2.05, 4.69) is 9.89 Å². The maximum atomic E-state index is 12.8. The molecule has 0 aliphatic carbocycles. The molecule has 2 N–H and O–H groups in total. The molecule has 2 aliphatic heterocycles. The molecule has 0 aromatic heterocycles. The van der Waals surface area contributed by atoms with Gasteiger partial charge in [-0.25, -0.2) is 13.4 Å². The van der Waals surface area contributed by atoms with Crippen LogP contribution in [0.4, 0.5) is 0 Å². The Hall–Kier alpha value is -0.870. The summed E-state index contributed by atoms with van der Waals surface area (Å²) < 4.78 is 27.2. The monoisotopic (exact) mass is 506 g/mol. The largest absolute Gasteiger partial charge is 0.370 e. The first-order valence-electron chi connectivity index (χ1n) is 9.71. The number of halogens is 1. The van der Waals surface area contributed by atoms with E-state index >= 15 is 0 Å². The van der Waals surface area contributed by atoms with Gasteiger partial charge in [0.25, 0.3) is 0 Å². The summed E-state index contributed by atoms with van der Waals surface area (Å²) in [5.41, 5.74) is 7.03. The van der Waals surface area contributed by atoms with Crippen LogP contribution in [0.1, 0.15) is 50.5 Å². The van der Waals surface area contributed by atoms with Crippen molar-refractivity contribution < 1.29 is 8.42 Å². The predicted molar refractivity (Wildman–Crippen MR) is 120 cm³/mol. The standard InChI is InChI=1S/C19H30N4O2S.HI/c20-19(22-11-4-1-2-5-12-22)21-16-17-9-8-10-18(15-17)26(24,25)23-13-6-3-7-14-23;/h8-10,15H,1-7,11-14,16H2,(H2,20,21);1H. The maximum Gasteiger partial charge on any atom is 0.243 e. The van der Waals surface area contributed by atoms with Gasteiger partial charge in [-0.1, -0.05) is 31.4 Å². The van der Waals surface area contributed by atoms with Crippen LogP contribution in [0, 0.1) is 0 Å². The van der Waals surface area contributed by atoms with Crippen LogP contribution >= 0.6 is 24.0 Å². The number of guanidine groups is 1. The van der Waals surface area contributed by atoms with Gasteiger partial charge in [0.2, 0.25) is 10.0 Å². The van der Waals surface area contributed by atoms with Gasteiger partial charge in [0.05, 0.1) is 11.4 Å². The summed E-state index contributed by atoms with van der Waals surface area (Å²) in [6.45, 7) is 3.56. The number of sulfonamides is 1. The summed E-state index contributed by atoms with van der Waals surface area (Å²) >= 11 is 0. The Kier molecular flexibility index (Phi) is 8.81. The molecule has 152 valence electrons. The first kappa shape index (κ1) is 22.4. The number of hydrogen-bond donors (Lipinski definition) is 1. The van der Waals surface area contributed by atoms with E-state index in [1.54, 1.807) is 22.5 Å². The van der Waals surface area contributed by atoms with Crippen molar-refractivity contribution in [2.24, 2.45) is 10.7 Å². The van der Waals surface area contributed by atoms with Crippen molar-refractivity contribution in [1.29, 1.82) is 0 Å². The lowest BCUT2D eigenvalue weighted by Gasteiger charge is -2.26. The summed E-state index contributed by atoms with van der Waals surface area (Å²) in [5, 5.41) is 0. The average Bonchev–Trinajstić information content (AvgIpc) is 2.96. The first-order valence-corrected chi connectivity index (χ1v) is 11.2.